The van der Waals surface area contributed by atoms with Gasteiger partial charge in [-0.05, 0) is 73.8 Å². The third-order valence-corrected chi connectivity index (χ3v) is 6.40. The van der Waals surface area contributed by atoms with Gasteiger partial charge in [0.15, 0.2) is 0 Å². The van der Waals surface area contributed by atoms with Gasteiger partial charge in [0, 0.05) is 3.57 Å². The molecule has 6 nitrogen and oxygen atoms in total. The van der Waals surface area contributed by atoms with Crippen molar-refractivity contribution in [2.24, 2.45) is 0 Å². The lowest BCUT2D eigenvalue weighted by Gasteiger charge is -2.37. The highest BCUT2D eigenvalue weighted by atomic mass is 127. The number of aromatic hydroxyl groups is 1. The smallest absolute Gasteiger partial charge is 0.438 e. The molecule has 0 heterocycles. The number of ether oxygens (including phenoxy) is 1. The van der Waals surface area contributed by atoms with Crippen LogP contribution in [0.1, 0.15) is 10.4 Å². The highest BCUT2D eigenvalue weighted by Gasteiger charge is 2.75. The van der Waals surface area contributed by atoms with E-state index in [0.717, 1.165) is 6.07 Å². The number of halogens is 9. The van der Waals surface area contributed by atoms with Gasteiger partial charge in [0.1, 0.15) is 5.75 Å². The Morgan fingerprint density at radius 2 is 1.52 bits per heavy atom. The third kappa shape index (κ3) is 5.41. The molecule has 0 fully saturated rings. The summed E-state index contributed by atoms with van der Waals surface area (Å²) in [6, 6.07) is 1.07. The summed E-state index contributed by atoms with van der Waals surface area (Å²) in [6.07, 6.45) is -12.9. The van der Waals surface area contributed by atoms with Crippen LogP contribution in [-0.4, -0.2) is 47.8 Å². The zero-order chi connectivity index (χ0) is 21.6. The van der Waals surface area contributed by atoms with Crippen LogP contribution in [0.3, 0.4) is 0 Å². The predicted molar refractivity (Wildman–Crippen MR) is 101 cm³/mol. The first-order valence-electron chi connectivity index (χ1n) is 6.01. The fraction of sp³-hybridized carbons (Fsp3) is 0.364. The van der Waals surface area contributed by atoms with Gasteiger partial charge in [0.2, 0.25) is 0 Å². The molecule has 154 valence electrons. The van der Waals surface area contributed by atoms with Crippen LogP contribution >= 0.6 is 67.8 Å². The van der Waals surface area contributed by atoms with Gasteiger partial charge in [-0.2, -0.15) is 26.3 Å². The summed E-state index contributed by atoms with van der Waals surface area (Å²) in [5.74, 6) is -5.92. The van der Waals surface area contributed by atoms with Gasteiger partial charge in [0.05, 0.1) is 28.6 Å². The Bertz CT molecular complexity index is 853. The molecular formula is C11H4F6I3O6S-. The molecule has 0 aliphatic rings. The molecule has 27 heavy (non-hydrogen) atoms. The van der Waals surface area contributed by atoms with Gasteiger partial charge in [-0.3, -0.25) is 0 Å². The summed E-state index contributed by atoms with van der Waals surface area (Å²) in [5.41, 5.74) is -6.43. The summed E-state index contributed by atoms with van der Waals surface area (Å²) in [6.45, 7) is 0. The van der Waals surface area contributed by atoms with Gasteiger partial charge in [-0.15, -0.1) is 0 Å². The number of esters is 1. The number of benzene rings is 1. The number of carbonyl (C=O) groups is 1. The number of phenolic OH excluding ortho intramolecular Hbond substituents is 1. The van der Waals surface area contributed by atoms with Crippen molar-refractivity contribution in [3.8, 4) is 5.75 Å². The molecule has 1 N–H and O–H groups in total. The molecule has 0 amide bonds. The van der Waals surface area contributed by atoms with Crippen molar-refractivity contribution in [3.63, 3.8) is 0 Å². The Hall–Kier alpha value is 0.170. The van der Waals surface area contributed by atoms with E-state index < -0.39 is 54.7 Å². The number of hydrogen-bond donors (Lipinski definition) is 1. The van der Waals surface area contributed by atoms with E-state index in [-0.39, 0.29) is 7.14 Å². The Labute approximate surface area is 188 Å². The zero-order valence-corrected chi connectivity index (χ0v) is 19.4. The fourth-order valence-electron chi connectivity index (χ4n) is 1.69. The molecule has 0 aliphatic heterocycles. The summed E-state index contributed by atoms with van der Waals surface area (Å²) in [5, 5.41) is 9.75. The van der Waals surface area contributed by atoms with E-state index in [1.807, 2.05) is 0 Å². The van der Waals surface area contributed by atoms with Crippen molar-refractivity contribution in [2.45, 2.75) is 18.0 Å². The van der Waals surface area contributed by atoms with E-state index in [0.29, 0.717) is 0 Å². The van der Waals surface area contributed by atoms with Crippen LogP contribution in [0.15, 0.2) is 6.07 Å². The zero-order valence-electron chi connectivity index (χ0n) is 12.1. The Balaban J connectivity index is 3.66. The second kappa shape index (κ2) is 8.13. The van der Waals surface area contributed by atoms with Crippen molar-refractivity contribution in [1.29, 1.82) is 0 Å². The molecule has 0 saturated carbocycles. The fourth-order valence-corrected chi connectivity index (χ4v) is 6.39. The molecule has 0 spiro atoms. The molecule has 0 aliphatic carbocycles. The quantitative estimate of drug-likeness (QED) is 0.217. The lowest BCUT2D eigenvalue weighted by atomic mass is 10.1. The molecule has 0 saturated heterocycles. The number of alkyl halides is 6. The molecule has 16 heteroatoms. The van der Waals surface area contributed by atoms with Crippen molar-refractivity contribution < 1.29 is 54.0 Å². The van der Waals surface area contributed by atoms with Gasteiger partial charge in [-0.25, -0.2) is 13.2 Å². The molecule has 1 aromatic carbocycles. The highest BCUT2D eigenvalue weighted by molar-refractivity contribution is 14.1. The maximum atomic E-state index is 13.2. The highest BCUT2D eigenvalue weighted by Crippen LogP contribution is 2.47. The number of rotatable bonds is 4. The second-order valence-electron chi connectivity index (χ2n) is 4.79. The lowest BCUT2D eigenvalue weighted by molar-refractivity contribution is -0.356. The third-order valence-electron chi connectivity index (χ3n) is 2.91. The molecule has 0 radical (unpaired) electrons. The molecule has 0 atom stereocenters. The number of phenols is 1. The van der Waals surface area contributed by atoms with Crippen molar-refractivity contribution in [2.75, 3.05) is 5.75 Å². The van der Waals surface area contributed by atoms with Crippen LogP contribution in [0.2, 0.25) is 0 Å². The van der Waals surface area contributed by atoms with Crippen LogP contribution in [0, 0.1) is 10.7 Å². The molecule has 1 rings (SSSR count). The van der Waals surface area contributed by atoms with E-state index in [9.17, 15) is 49.2 Å². The maximum absolute atomic E-state index is 13.2. The topological polar surface area (TPSA) is 104 Å². The molecule has 0 unspecified atom stereocenters. The van der Waals surface area contributed by atoms with Crippen LogP contribution in [0.4, 0.5) is 26.3 Å². The second-order valence-corrected chi connectivity index (χ2v) is 9.60. The minimum absolute atomic E-state index is 0.137. The van der Waals surface area contributed by atoms with Crippen molar-refractivity contribution >= 4 is 83.9 Å². The van der Waals surface area contributed by atoms with Crippen LogP contribution < -0.4 is 0 Å². The molecule has 0 bridgehead atoms. The van der Waals surface area contributed by atoms with E-state index in [4.69, 9.17) is 0 Å². The monoisotopic (exact) mass is 759 g/mol. The summed E-state index contributed by atoms with van der Waals surface area (Å²) in [7, 11) is -6.13. The first kappa shape index (κ1) is 25.2. The molecular weight excluding hydrogens is 755 g/mol. The molecule has 1 aromatic rings. The van der Waals surface area contributed by atoms with E-state index in [2.05, 4.69) is 4.74 Å². The van der Waals surface area contributed by atoms with Crippen molar-refractivity contribution in [3.05, 3.63) is 22.3 Å². The van der Waals surface area contributed by atoms with Gasteiger partial charge >= 0.3 is 23.9 Å². The van der Waals surface area contributed by atoms with E-state index >= 15 is 0 Å². The number of hydrogen-bond acceptors (Lipinski definition) is 6. The Morgan fingerprint density at radius 3 is 1.89 bits per heavy atom. The van der Waals surface area contributed by atoms with Crippen molar-refractivity contribution in [1.82, 2.24) is 0 Å². The summed E-state index contributed by atoms with van der Waals surface area (Å²) in [4.78, 5) is 12.1. The summed E-state index contributed by atoms with van der Waals surface area (Å²) >= 11 is 4.29. The first-order chi connectivity index (χ1) is 11.8. The largest absolute Gasteiger partial charge is 0.748 e. The first-order valence-corrected chi connectivity index (χ1v) is 10.8. The van der Waals surface area contributed by atoms with Gasteiger partial charge in [-0.1, -0.05) is 0 Å². The minimum Gasteiger partial charge on any atom is -0.748 e. The normalized spacial score (nSPS) is 13.6. The van der Waals surface area contributed by atoms with Gasteiger partial charge in [0.25, 0.3) is 0 Å². The Morgan fingerprint density at radius 1 is 1.07 bits per heavy atom. The van der Waals surface area contributed by atoms with E-state index in [1.165, 1.54) is 45.2 Å². The van der Waals surface area contributed by atoms with Crippen LogP contribution in [-0.2, 0) is 14.9 Å². The predicted octanol–water partition coefficient (Wildman–Crippen LogP) is 3.77. The van der Waals surface area contributed by atoms with Crippen LogP contribution in [0.25, 0.3) is 0 Å². The van der Waals surface area contributed by atoms with Gasteiger partial charge < -0.3 is 14.4 Å². The number of carbonyl (C=O) groups excluding carboxylic acids is 1. The summed E-state index contributed by atoms with van der Waals surface area (Å²) < 4.78 is 114. The van der Waals surface area contributed by atoms with Crippen LogP contribution in [0.5, 0.6) is 5.75 Å². The molecule has 0 aromatic heterocycles. The average molecular weight is 759 g/mol. The lowest BCUT2D eigenvalue weighted by Crippen LogP contribution is -2.63. The van der Waals surface area contributed by atoms with E-state index in [1.54, 1.807) is 22.6 Å². The maximum Gasteiger partial charge on any atom is 0.438 e. The standard InChI is InChI=1S/C11H5F6I3O6S/c12-10(13,14)9(11(15,16)17,2-27(23,24)25)26-8(22)5-3(18)1-4(19)7(21)6(5)20/h1,21H,2H2,(H,23,24,25)/p-1. The minimum atomic E-state index is -6.47. The Kier molecular flexibility index (Phi) is 7.59. The average Bonchev–Trinajstić information content (AvgIpc) is 2.40. The SMILES string of the molecule is O=C(OC(CS(=O)(=O)[O-])(C(F)(F)F)C(F)(F)F)c1c(I)cc(I)c(O)c1I.